The molecule has 0 spiro atoms. The lowest BCUT2D eigenvalue weighted by Crippen LogP contribution is -2.33. The maximum absolute atomic E-state index is 11.6. The first-order valence-electron chi connectivity index (χ1n) is 5.72. The van der Waals surface area contributed by atoms with Crippen LogP contribution in [0.1, 0.15) is 17.0 Å². The van der Waals surface area contributed by atoms with Crippen molar-refractivity contribution in [3.8, 4) is 0 Å². The van der Waals surface area contributed by atoms with E-state index in [1.807, 2.05) is 12.1 Å². The van der Waals surface area contributed by atoms with Crippen LogP contribution >= 0.6 is 11.6 Å². The molecule has 5 heteroatoms. The maximum Gasteiger partial charge on any atom is 0.328 e. The summed E-state index contributed by atoms with van der Waals surface area (Å²) in [5, 5.41) is 0.0437. The number of benzene rings is 1. The molecule has 3 rings (SSSR count). The lowest BCUT2D eigenvalue weighted by Gasteiger charge is -2.30. The minimum absolute atomic E-state index is 0.0437. The van der Waals surface area contributed by atoms with E-state index in [4.69, 9.17) is 11.6 Å². The summed E-state index contributed by atoms with van der Waals surface area (Å²) in [6, 6.07) is 8.17. The number of halogens is 1. The van der Waals surface area contributed by atoms with Crippen LogP contribution in [0, 0.1) is 0 Å². The molecule has 0 aliphatic heterocycles. The molecule has 0 amide bonds. The third kappa shape index (κ3) is 1.78. The molecule has 0 bridgehead atoms. The van der Waals surface area contributed by atoms with Gasteiger partial charge < -0.3 is 0 Å². The summed E-state index contributed by atoms with van der Waals surface area (Å²) in [6.07, 6.45) is 2.36. The van der Waals surface area contributed by atoms with Gasteiger partial charge in [-0.3, -0.25) is 14.3 Å². The molecule has 92 valence electrons. The van der Waals surface area contributed by atoms with E-state index in [1.54, 1.807) is 0 Å². The Bertz CT molecular complexity index is 717. The highest BCUT2D eigenvalue weighted by Crippen LogP contribution is 2.35. The third-order valence-corrected chi connectivity index (χ3v) is 3.61. The van der Waals surface area contributed by atoms with Gasteiger partial charge in [0, 0.05) is 18.7 Å². The van der Waals surface area contributed by atoms with Gasteiger partial charge in [0.05, 0.1) is 0 Å². The van der Waals surface area contributed by atoms with Gasteiger partial charge in [-0.1, -0.05) is 35.9 Å². The second-order valence-corrected chi connectivity index (χ2v) is 4.90. The van der Waals surface area contributed by atoms with E-state index in [1.165, 1.54) is 21.9 Å². The van der Waals surface area contributed by atoms with E-state index < -0.39 is 11.2 Å². The monoisotopic (exact) mass is 262 g/mol. The van der Waals surface area contributed by atoms with Crippen LogP contribution in [0.4, 0.5) is 0 Å². The minimum Gasteiger partial charge on any atom is -0.298 e. The highest BCUT2D eigenvalue weighted by atomic mass is 35.5. The van der Waals surface area contributed by atoms with Crippen molar-refractivity contribution in [3.05, 3.63) is 67.4 Å². The number of rotatable bonds is 2. The fourth-order valence-electron chi connectivity index (χ4n) is 2.38. The van der Waals surface area contributed by atoms with Crippen LogP contribution in [-0.4, -0.2) is 9.55 Å². The summed E-state index contributed by atoms with van der Waals surface area (Å²) in [7, 11) is 0. The van der Waals surface area contributed by atoms with Crippen molar-refractivity contribution in [1.82, 2.24) is 9.55 Å². The number of aromatic nitrogens is 2. The average molecular weight is 263 g/mol. The van der Waals surface area contributed by atoms with Crippen LogP contribution < -0.4 is 11.2 Å². The molecule has 0 fully saturated rings. The Balaban J connectivity index is 1.90. The fourth-order valence-corrected chi connectivity index (χ4v) is 2.55. The fraction of sp³-hybridized carbons (Fsp3) is 0.231. The summed E-state index contributed by atoms with van der Waals surface area (Å²) >= 11 is 5.73. The number of hydrogen-bond acceptors (Lipinski definition) is 2. The first kappa shape index (κ1) is 11.3. The molecule has 2 aromatic rings. The lowest BCUT2D eigenvalue weighted by atomic mass is 9.77. The highest BCUT2D eigenvalue weighted by Gasteiger charge is 2.25. The van der Waals surface area contributed by atoms with E-state index >= 15 is 0 Å². The van der Waals surface area contributed by atoms with Crippen molar-refractivity contribution >= 4 is 11.6 Å². The second-order valence-electron chi connectivity index (χ2n) is 4.49. The maximum atomic E-state index is 11.6. The Kier molecular flexibility index (Phi) is 2.59. The summed E-state index contributed by atoms with van der Waals surface area (Å²) in [6.45, 7) is 0.548. The van der Waals surface area contributed by atoms with Gasteiger partial charge in [-0.15, -0.1) is 0 Å². The largest absolute Gasteiger partial charge is 0.328 e. The zero-order chi connectivity index (χ0) is 12.7. The van der Waals surface area contributed by atoms with E-state index in [2.05, 4.69) is 17.1 Å². The van der Waals surface area contributed by atoms with Gasteiger partial charge in [0.15, 0.2) is 0 Å². The van der Waals surface area contributed by atoms with Crippen molar-refractivity contribution in [2.75, 3.05) is 0 Å². The molecule has 1 unspecified atom stereocenters. The van der Waals surface area contributed by atoms with Gasteiger partial charge >= 0.3 is 5.69 Å². The molecule has 1 heterocycles. The first-order valence-corrected chi connectivity index (χ1v) is 6.10. The summed E-state index contributed by atoms with van der Waals surface area (Å²) in [5.74, 6) is 0.320. The van der Waals surface area contributed by atoms with Crippen LogP contribution in [0.5, 0.6) is 0 Å². The number of hydrogen-bond donors (Lipinski definition) is 1. The molecule has 0 radical (unpaired) electrons. The van der Waals surface area contributed by atoms with Crippen molar-refractivity contribution < 1.29 is 0 Å². The van der Waals surface area contributed by atoms with Crippen molar-refractivity contribution in [1.29, 1.82) is 0 Å². The molecule has 1 aromatic heterocycles. The van der Waals surface area contributed by atoms with Gasteiger partial charge in [-0.05, 0) is 17.5 Å². The van der Waals surface area contributed by atoms with Gasteiger partial charge in [-0.25, -0.2) is 4.79 Å². The van der Waals surface area contributed by atoms with E-state index in [0.717, 1.165) is 6.42 Å². The number of aromatic amines is 1. The Morgan fingerprint density at radius 1 is 1.33 bits per heavy atom. The van der Waals surface area contributed by atoms with Gasteiger partial charge in [0.1, 0.15) is 5.02 Å². The number of fused-ring (bicyclic) bond motifs is 1. The van der Waals surface area contributed by atoms with Gasteiger partial charge in [0.25, 0.3) is 5.56 Å². The average Bonchev–Trinajstić information content (AvgIpc) is 2.32. The molecule has 1 N–H and O–H groups in total. The minimum atomic E-state index is -0.535. The quantitative estimate of drug-likeness (QED) is 0.892. The highest BCUT2D eigenvalue weighted by molar-refractivity contribution is 6.30. The lowest BCUT2D eigenvalue weighted by molar-refractivity contribution is 0.491. The Hall–Kier alpha value is -1.81. The normalized spacial score (nSPS) is 17.1. The first-order chi connectivity index (χ1) is 8.65. The molecule has 1 aliphatic carbocycles. The molecular formula is C13H11ClN2O2. The van der Waals surface area contributed by atoms with Crippen molar-refractivity contribution in [3.63, 3.8) is 0 Å². The summed E-state index contributed by atoms with van der Waals surface area (Å²) < 4.78 is 1.46. The smallest absolute Gasteiger partial charge is 0.298 e. The van der Waals surface area contributed by atoms with Crippen LogP contribution in [0.25, 0.3) is 0 Å². The van der Waals surface area contributed by atoms with E-state index in [0.29, 0.717) is 12.5 Å². The molecule has 1 atom stereocenters. The molecule has 1 aromatic carbocycles. The predicted octanol–water partition coefficient (Wildman–Crippen LogP) is 1.53. The van der Waals surface area contributed by atoms with Crippen LogP contribution in [0.15, 0.2) is 40.1 Å². The van der Waals surface area contributed by atoms with Crippen LogP contribution in [0.3, 0.4) is 0 Å². The topological polar surface area (TPSA) is 54.9 Å². The second kappa shape index (κ2) is 4.14. The predicted molar refractivity (Wildman–Crippen MR) is 69.2 cm³/mol. The molecule has 1 aliphatic rings. The molecule has 4 nitrogen and oxygen atoms in total. The van der Waals surface area contributed by atoms with Crippen LogP contribution in [-0.2, 0) is 13.0 Å². The van der Waals surface area contributed by atoms with Gasteiger partial charge in [0.2, 0.25) is 0 Å². The number of H-pyrrole nitrogens is 1. The standard InChI is InChI=1S/C13H11ClN2O2/c14-11-7-16(13(18)15-12(11)17)6-9-5-8-3-1-2-4-10(8)9/h1-4,7,9H,5-6H2,(H,15,17,18). The van der Waals surface area contributed by atoms with Gasteiger partial charge in [-0.2, -0.15) is 0 Å². The number of nitrogens with one attached hydrogen (secondary N) is 1. The summed E-state index contributed by atoms with van der Waals surface area (Å²) in [5.41, 5.74) is 1.65. The zero-order valence-corrected chi connectivity index (χ0v) is 10.3. The summed E-state index contributed by atoms with van der Waals surface area (Å²) in [4.78, 5) is 25.0. The SMILES string of the molecule is O=c1[nH]c(=O)n(CC2Cc3ccccc32)cc1Cl. The molecular weight excluding hydrogens is 252 g/mol. The zero-order valence-electron chi connectivity index (χ0n) is 9.52. The van der Waals surface area contributed by atoms with Crippen LogP contribution in [0.2, 0.25) is 5.02 Å². The van der Waals surface area contributed by atoms with Crippen molar-refractivity contribution in [2.45, 2.75) is 18.9 Å². The molecule has 0 saturated heterocycles. The number of nitrogens with zero attached hydrogens (tertiary/aromatic N) is 1. The van der Waals surface area contributed by atoms with E-state index in [9.17, 15) is 9.59 Å². The van der Waals surface area contributed by atoms with E-state index in [-0.39, 0.29) is 5.02 Å². The van der Waals surface area contributed by atoms with Crippen molar-refractivity contribution in [2.24, 2.45) is 0 Å². The third-order valence-electron chi connectivity index (χ3n) is 3.35. The molecule has 0 saturated carbocycles. The molecule has 18 heavy (non-hydrogen) atoms. The Morgan fingerprint density at radius 3 is 2.89 bits per heavy atom. The Morgan fingerprint density at radius 2 is 2.11 bits per heavy atom. The Labute approximate surface area is 108 Å².